The maximum Gasteiger partial charge on any atom is 0.0965 e. The number of hydrogen-bond acceptors (Lipinski definition) is 5. The largest absolute Gasteiger partial charge is 0.377 e. The number of ether oxygens (including phenoxy) is 1. The smallest absolute Gasteiger partial charge is 0.0965 e. The molecule has 0 aliphatic carbocycles. The van der Waals surface area contributed by atoms with E-state index in [2.05, 4.69) is 48.3 Å². The Morgan fingerprint density at radius 1 is 1.48 bits per heavy atom. The first-order valence-corrected chi connectivity index (χ1v) is 7.86. The van der Waals surface area contributed by atoms with Crippen LogP contribution < -0.4 is 5.32 Å². The van der Waals surface area contributed by atoms with Crippen LogP contribution in [0.2, 0.25) is 0 Å². The molecular weight excluding hydrogens is 266 g/mol. The van der Waals surface area contributed by atoms with Gasteiger partial charge in [0, 0.05) is 38.0 Å². The zero-order chi connectivity index (χ0) is 15.3. The van der Waals surface area contributed by atoms with Gasteiger partial charge in [0.15, 0.2) is 0 Å². The molecule has 1 aromatic rings. The van der Waals surface area contributed by atoms with E-state index in [1.54, 1.807) is 0 Å². The molecule has 1 aliphatic heterocycles. The molecule has 21 heavy (non-hydrogen) atoms. The third kappa shape index (κ3) is 6.11. The van der Waals surface area contributed by atoms with Crippen molar-refractivity contribution in [3.63, 3.8) is 0 Å². The molecule has 0 spiro atoms. The van der Waals surface area contributed by atoms with Crippen LogP contribution >= 0.6 is 0 Å². The molecule has 1 aromatic heterocycles. The molecule has 2 heterocycles. The number of hydrogen-bond donors (Lipinski definition) is 1. The predicted molar refractivity (Wildman–Crippen MR) is 83.1 cm³/mol. The Balaban J connectivity index is 1.69. The average Bonchev–Trinajstić information content (AvgIpc) is 3.04. The Morgan fingerprint density at radius 3 is 2.95 bits per heavy atom. The molecule has 1 atom stereocenters. The fourth-order valence-corrected chi connectivity index (χ4v) is 2.38. The highest BCUT2D eigenvalue weighted by atomic mass is 16.5. The number of rotatable bonds is 7. The maximum absolute atomic E-state index is 5.66. The standard InChI is InChI=1S/C15H29N5O/c1-15(2,3)16-10-13-11-20(18-17-13)8-7-19(4)12-14-6-5-9-21-14/h11,14,16H,5-10,12H2,1-4H3. The Bertz CT molecular complexity index is 420. The fourth-order valence-electron chi connectivity index (χ4n) is 2.38. The van der Waals surface area contributed by atoms with Gasteiger partial charge in [0.2, 0.25) is 0 Å². The van der Waals surface area contributed by atoms with Crippen molar-refractivity contribution in [2.24, 2.45) is 0 Å². The monoisotopic (exact) mass is 295 g/mol. The van der Waals surface area contributed by atoms with E-state index in [-0.39, 0.29) is 5.54 Å². The van der Waals surface area contributed by atoms with Gasteiger partial charge in [0.25, 0.3) is 0 Å². The van der Waals surface area contributed by atoms with Gasteiger partial charge < -0.3 is 15.0 Å². The second kappa shape index (κ2) is 7.33. The van der Waals surface area contributed by atoms with Crippen LogP contribution in [0, 0.1) is 0 Å². The van der Waals surface area contributed by atoms with Gasteiger partial charge >= 0.3 is 0 Å². The Hall–Kier alpha value is -0.980. The van der Waals surface area contributed by atoms with Gasteiger partial charge in [-0.25, -0.2) is 0 Å². The summed E-state index contributed by atoms with van der Waals surface area (Å²) in [6.07, 6.45) is 4.83. The first kappa shape index (κ1) is 16.4. The SMILES string of the molecule is CN(CCn1cc(CNC(C)(C)C)nn1)CC1CCCO1. The van der Waals surface area contributed by atoms with E-state index >= 15 is 0 Å². The van der Waals surface area contributed by atoms with Crippen molar-refractivity contribution in [2.45, 2.75) is 58.3 Å². The minimum Gasteiger partial charge on any atom is -0.377 e. The second-order valence-corrected chi connectivity index (χ2v) is 6.97. The van der Waals surface area contributed by atoms with Gasteiger partial charge in [-0.2, -0.15) is 0 Å². The summed E-state index contributed by atoms with van der Waals surface area (Å²) in [5, 5.41) is 11.8. The zero-order valence-electron chi connectivity index (χ0n) is 13.8. The number of nitrogens with one attached hydrogen (secondary N) is 1. The van der Waals surface area contributed by atoms with E-state index in [9.17, 15) is 0 Å². The second-order valence-electron chi connectivity index (χ2n) is 6.97. The van der Waals surface area contributed by atoms with Crippen LogP contribution in [-0.4, -0.2) is 58.3 Å². The van der Waals surface area contributed by atoms with Crippen LogP contribution in [0.3, 0.4) is 0 Å². The molecule has 120 valence electrons. The summed E-state index contributed by atoms with van der Waals surface area (Å²) in [7, 11) is 2.14. The maximum atomic E-state index is 5.66. The van der Waals surface area contributed by atoms with Gasteiger partial charge in [-0.05, 0) is 40.7 Å². The molecule has 6 heteroatoms. The normalized spacial score (nSPS) is 19.6. The molecular formula is C15H29N5O. The zero-order valence-corrected chi connectivity index (χ0v) is 13.8. The van der Waals surface area contributed by atoms with Crippen LogP contribution in [0.1, 0.15) is 39.3 Å². The van der Waals surface area contributed by atoms with Crippen molar-refractivity contribution in [3.05, 3.63) is 11.9 Å². The number of aromatic nitrogens is 3. The highest BCUT2D eigenvalue weighted by molar-refractivity contribution is 4.93. The summed E-state index contributed by atoms with van der Waals surface area (Å²) >= 11 is 0. The lowest BCUT2D eigenvalue weighted by atomic mass is 10.1. The summed E-state index contributed by atoms with van der Waals surface area (Å²) in [5.41, 5.74) is 1.09. The molecule has 1 N–H and O–H groups in total. The van der Waals surface area contributed by atoms with Gasteiger partial charge in [0.05, 0.1) is 18.3 Å². The number of likely N-dealkylation sites (N-methyl/N-ethyl adjacent to an activating group) is 1. The Kier molecular flexibility index (Phi) is 5.72. The number of nitrogens with zero attached hydrogens (tertiary/aromatic N) is 4. The van der Waals surface area contributed by atoms with Crippen molar-refractivity contribution >= 4 is 0 Å². The molecule has 6 nitrogen and oxygen atoms in total. The van der Waals surface area contributed by atoms with Gasteiger partial charge in [-0.15, -0.1) is 5.10 Å². The van der Waals surface area contributed by atoms with Crippen LogP contribution in [0.4, 0.5) is 0 Å². The lowest BCUT2D eigenvalue weighted by molar-refractivity contribution is 0.0800. The van der Waals surface area contributed by atoms with Gasteiger partial charge in [0.1, 0.15) is 0 Å². The summed E-state index contributed by atoms with van der Waals surface area (Å²) < 4.78 is 7.58. The molecule has 0 bridgehead atoms. The molecule has 1 fully saturated rings. The highest BCUT2D eigenvalue weighted by Crippen LogP contribution is 2.12. The van der Waals surface area contributed by atoms with Crippen LogP contribution in [0.15, 0.2) is 6.20 Å². The average molecular weight is 295 g/mol. The van der Waals surface area contributed by atoms with E-state index in [0.29, 0.717) is 6.10 Å². The summed E-state index contributed by atoms with van der Waals surface area (Å²) in [6.45, 7) is 11.0. The van der Waals surface area contributed by atoms with Gasteiger partial charge in [-0.3, -0.25) is 4.68 Å². The van der Waals surface area contributed by atoms with Crippen molar-refractivity contribution in [1.82, 2.24) is 25.2 Å². The fraction of sp³-hybridized carbons (Fsp3) is 0.867. The predicted octanol–water partition coefficient (Wildman–Crippen LogP) is 1.28. The van der Waals surface area contributed by atoms with Crippen LogP contribution in [-0.2, 0) is 17.8 Å². The lowest BCUT2D eigenvalue weighted by Gasteiger charge is -2.20. The molecule has 1 unspecified atom stereocenters. The van der Waals surface area contributed by atoms with Crippen molar-refractivity contribution in [3.8, 4) is 0 Å². The van der Waals surface area contributed by atoms with E-state index in [4.69, 9.17) is 4.74 Å². The first-order chi connectivity index (χ1) is 9.92. The summed E-state index contributed by atoms with van der Waals surface area (Å²) in [5.74, 6) is 0. The van der Waals surface area contributed by atoms with E-state index in [0.717, 1.165) is 38.5 Å². The first-order valence-electron chi connectivity index (χ1n) is 7.86. The van der Waals surface area contributed by atoms with Crippen molar-refractivity contribution in [1.29, 1.82) is 0 Å². The van der Waals surface area contributed by atoms with Crippen LogP contribution in [0.25, 0.3) is 0 Å². The molecule has 1 aliphatic rings. The molecule has 0 amide bonds. The third-order valence-electron chi connectivity index (χ3n) is 3.64. The van der Waals surface area contributed by atoms with E-state index in [1.807, 2.05) is 10.9 Å². The quantitative estimate of drug-likeness (QED) is 0.821. The summed E-state index contributed by atoms with van der Waals surface area (Å²) in [6, 6.07) is 0. The topological polar surface area (TPSA) is 55.2 Å². The van der Waals surface area contributed by atoms with E-state index in [1.165, 1.54) is 12.8 Å². The lowest BCUT2D eigenvalue weighted by Crippen LogP contribution is -2.35. The minimum atomic E-state index is 0.102. The molecule has 0 aromatic carbocycles. The summed E-state index contributed by atoms with van der Waals surface area (Å²) in [4.78, 5) is 2.31. The van der Waals surface area contributed by atoms with Crippen molar-refractivity contribution in [2.75, 3.05) is 26.7 Å². The molecule has 0 saturated carbocycles. The highest BCUT2D eigenvalue weighted by Gasteiger charge is 2.17. The molecule has 1 saturated heterocycles. The van der Waals surface area contributed by atoms with Crippen LogP contribution in [0.5, 0.6) is 0 Å². The minimum absolute atomic E-state index is 0.102. The van der Waals surface area contributed by atoms with Crippen molar-refractivity contribution < 1.29 is 4.74 Å². The third-order valence-corrected chi connectivity index (χ3v) is 3.64. The van der Waals surface area contributed by atoms with E-state index < -0.39 is 0 Å². The molecule has 0 radical (unpaired) electrons. The molecule has 2 rings (SSSR count). The van der Waals surface area contributed by atoms with Gasteiger partial charge in [-0.1, -0.05) is 5.21 Å². The Morgan fingerprint density at radius 2 is 2.29 bits per heavy atom. The Labute approximate surface area is 127 Å².